The number of nitrogens with zero attached hydrogens (tertiary/aromatic N) is 2. The zero-order valence-electron chi connectivity index (χ0n) is 10.8. The molecule has 7 heteroatoms. The fourth-order valence-electron chi connectivity index (χ4n) is 1.51. The minimum atomic E-state index is -0.686. The molecule has 0 atom stereocenters. The van der Waals surface area contributed by atoms with Gasteiger partial charge < -0.3 is 19.3 Å². The van der Waals surface area contributed by atoms with Crippen LogP contribution in [0.4, 0.5) is 9.59 Å². The van der Waals surface area contributed by atoms with Gasteiger partial charge in [0.05, 0.1) is 0 Å². The summed E-state index contributed by atoms with van der Waals surface area (Å²) in [6, 6.07) is 0. The van der Waals surface area contributed by atoms with Crippen molar-refractivity contribution in [3.8, 4) is 0 Å². The highest BCUT2D eigenvalue weighted by molar-refractivity contribution is 5.75. The number of carbonyl (C=O) groups excluding carboxylic acids is 3. The van der Waals surface area contributed by atoms with Crippen LogP contribution in [0.2, 0.25) is 0 Å². The lowest BCUT2D eigenvalue weighted by atomic mass is 10.2. The average Bonchev–Trinajstić information content (AvgIpc) is 2.27. The van der Waals surface area contributed by atoms with Crippen molar-refractivity contribution in [2.24, 2.45) is 0 Å². The lowest BCUT2D eigenvalue weighted by Crippen LogP contribution is -2.51. The molecule has 1 aliphatic rings. The molecule has 7 nitrogen and oxygen atoms in total. The molecule has 1 saturated heterocycles. The van der Waals surface area contributed by atoms with E-state index in [0.717, 1.165) is 0 Å². The van der Waals surface area contributed by atoms with E-state index < -0.39 is 17.8 Å². The van der Waals surface area contributed by atoms with Crippen molar-refractivity contribution in [3.63, 3.8) is 0 Å². The van der Waals surface area contributed by atoms with Gasteiger partial charge in [0.15, 0.2) is 0 Å². The first-order valence-corrected chi connectivity index (χ1v) is 5.70. The zero-order chi connectivity index (χ0) is 13.8. The maximum atomic E-state index is 11.7. The van der Waals surface area contributed by atoms with E-state index in [0.29, 0.717) is 26.2 Å². The van der Waals surface area contributed by atoms with Gasteiger partial charge in [-0.15, -0.1) is 0 Å². The van der Waals surface area contributed by atoms with Gasteiger partial charge in [-0.1, -0.05) is 0 Å². The van der Waals surface area contributed by atoms with Crippen LogP contribution in [0.1, 0.15) is 20.8 Å². The number of rotatable bonds is 1. The summed E-state index contributed by atoms with van der Waals surface area (Å²) in [6.07, 6.45) is -1.08. The molecule has 0 N–H and O–H groups in total. The minimum Gasteiger partial charge on any atom is -0.444 e. The van der Waals surface area contributed by atoms with Gasteiger partial charge >= 0.3 is 18.7 Å². The first-order valence-electron chi connectivity index (χ1n) is 5.70. The van der Waals surface area contributed by atoms with Crippen molar-refractivity contribution < 1.29 is 23.9 Å². The van der Waals surface area contributed by atoms with E-state index in [1.165, 1.54) is 9.80 Å². The Kier molecular flexibility index (Phi) is 4.52. The summed E-state index contributed by atoms with van der Waals surface area (Å²) in [5, 5.41) is 0. The summed E-state index contributed by atoms with van der Waals surface area (Å²) in [4.78, 5) is 35.9. The summed E-state index contributed by atoms with van der Waals surface area (Å²) >= 11 is 0. The first-order chi connectivity index (χ1) is 8.33. The number of piperazine rings is 1. The second-order valence-corrected chi connectivity index (χ2v) is 4.93. The third-order valence-corrected chi connectivity index (χ3v) is 2.34. The van der Waals surface area contributed by atoms with Crippen molar-refractivity contribution in [3.05, 3.63) is 0 Å². The molecule has 1 aliphatic heterocycles. The number of carbonyl (C=O) groups is 3. The maximum Gasteiger partial charge on any atom is 0.417 e. The predicted octanol–water partition coefficient (Wildman–Crippen LogP) is 0.832. The van der Waals surface area contributed by atoms with E-state index in [4.69, 9.17) is 4.74 Å². The lowest BCUT2D eigenvalue weighted by Gasteiger charge is -2.34. The Morgan fingerprint density at radius 1 is 1.00 bits per heavy atom. The number of ether oxygens (including phenoxy) is 2. The maximum absolute atomic E-state index is 11.7. The molecule has 0 aromatic rings. The molecule has 0 saturated carbocycles. The molecule has 0 aliphatic carbocycles. The van der Waals surface area contributed by atoms with Crippen molar-refractivity contribution in [1.29, 1.82) is 0 Å². The van der Waals surface area contributed by atoms with Crippen molar-refractivity contribution >= 4 is 18.7 Å². The Bertz CT molecular complexity index is 329. The second kappa shape index (κ2) is 5.70. The molecule has 0 unspecified atom stereocenters. The van der Waals surface area contributed by atoms with Crippen LogP contribution < -0.4 is 0 Å². The highest BCUT2D eigenvalue weighted by atomic mass is 16.6. The molecular formula is C11H18N2O5. The van der Waals surface area contributed by atoms with Crippen molar-refractivity contribution in [2.75, 3.05) is 26.2 Å². The van der Waals surface area contributed by atoms with Gasteiger partial charge in [0.25, 0.3) is 0 Å². The lowest BCUT2D eigenvalue weighted by molar-refractivity contribution is -0.124. The fraction of sp³-hybridized carbons (Fsp3) is 0.727. The first kappa shape index (κ1) is 14.3. The molecule has 0 aromatic heterocycles. The quantitative estimate of drug-likeness (QED) is 0.514. The third-order valence-electron chi connectivity index (χ3n) is 2.34. The van der Waals surface area contributed by atoms with E-state index in [2.05, 4.69) is 4.74 Å². The van der Waals surface area contributed by atoms with E-state index in [9.17, 15) is 14.4 Å². The molecule has 18 heavy (non-hydrogen) atoms. The van der Waals surface area contributed by atoms with Crippen LogP contribution in [0, 0.1) is 0 Å². The highest BCUT2D eigenvalue weighted by Gasteiger charge is 2.28. The third kappa shape index (κ3) is 4.23. The standard InChI is InChI=1S/C11H18N2O5/c1-11(2,3)18-10(16)13-6-4-12(5-7-13)9(15)17-8-14/h8H,4-7H2,1-3H3. The normalized spacial score (nSPS) is 16.2. The van der Waals surface area contributed by atoms with Crippen LogP contribution in [-0.4, -0.2) is 60.2 Å². The van der Waals surface area contributed by atoms with E-state index in [-0.39, 0.29) is 6.47 Å². The Morgan fingerprint density at radius 2 is 1.44 bits per heavy atom. The molecule has 1 fully saturated rings. The molecule has 0 aromatic carbocycles. The monoisotopic (exact) mass is 258 g/mol. The SMILES string of the molecule is CC(C)(C)OC(=O)N1CCN(C(=O)OC=O)CC1. The van der Waals surface area contributed by atoms with Gasteiger partial charge in [0, 0.05) is 26.2 Å². The van der Waals surface area contributed by atoms with Crippen LogP contribution in [0.5, 0.6) is 0 Å². The van der Waals surface area contributed by atoms with Crippen LogP contribution in [0.15, 0.2) is 0 Å². The molecule has 1 heterocycles. The van der Waals surface area contributed by atoms with Crippen molar-refractivity contribution in [1.82, 2.24) is 9.80 Å². The van der Waals surface area contributed by atoms with Crippen LogP contribution >= 0.6 is 0 Å². The van der Waals surface area contributed by atoms with Gasteiger partial charge in [0.1, 0.15) is 5.60 Å². The molecule has 102 valence electrons. The van der Waals surface area contributed by atoms with E-state index in [1.807, 2.05) is 0 Å². The summed E-state index contributed by atoms with van der Waals surface area (Å²) in [6.45, 7) is 6.86. The fourth-order valence-corrected chi connectivity index (χ4v) is 1.51. The molecule has 0 radical (unpaired) electrons. The van der Waals surface area contributed by atoms with Crippen LogP contribution in [-0.2, 0) is 14.3 Å². The van der Waals surface area contributed by atoms with E-state index >= 15 is 0 Å². The summed E-state index contributed by atoms with van der Waals surface area (Å²) in [5.74, 6) is 0. The number of amides is 2. The number of hydrogen-bond acceptors (Lipinski definition) is 5. The molecule has 1 rings (SSSR count). The number of hydrogen-bond donors (Lipinski definition) is 0. The Morgan fingerprint density at radius 3 is 1.83 bits per heavy atom. The van der Waals surface area contributed by atoms with Crippen molar-refractivity contribution in [2.45, 2.75) is 26.4 Å². The summed E-state index contributed by atoms with van der Waals surface area (Å²) in [5.41, 5.74) is -0.537. The van der Waals surface area contributed by atoms with Gasteiger partial charge in [-0.05, 0) is 20.8 Å². The van der Waals surface area contributed by atoms with Gasteiger partial charge in [-0.2, -0.15) is 0 Å². The van der Waals surface area contributed by atoms with Gasteiger partial charge in [0.2, 0.25) is 0 Å². The molecular weight excluding hydrogens is 240 g/mol. The zero-order valence-corrected chi connectivity index (χ0v) is 10.8. The van der Waals surface area contributed by atoms with E-state index in [1.54, 1.807) is 20.8 Å². The smallest absolute Gasteiger partial charge is 0.417 e. The summed E-state index contributed by atoms with van der Waals surface area (Å²) in [7, 11) is 0. The molecule has 0 spiro atoms. The second-order valence-electron chi connectivity index (χ2n) is 4.93. The Hall–Kier alpha value is -1.79. The minimum absolute atomic E-state index is 0.0998. The largest absolute Gasteiger partial charge is 0.444 e. The molecule has 0 bridgehead atoms. The Balaban J connectivity index is 2.42. The van der Waals surface area contributed by atoms with Crippen LogP contribution in [0.25, 0.3) is 0 Å². The average molecular weight is 258 g/mol. The highest BCUT2D eigenvalue weighted by Crippen LogP contribution is 2.12. The predicted molar refractivity (Wildman–Crippen MR) is 61.9 cm³/mol. The summed E-state index contributed by atoms with van der Waals surface area (Å²) < 4.78 is 9.45. The van der Waals surface area contributed by atoms with Gasteiger partial charge in [-0.25, -0.2) is 9.59 Å². The molecule has 2 amide bonds. The van der Waals surface area contributed by atoms with Crippen LogP contribution in [0.3, 0.4) is 0 Å². The Labute approximate surface area is 106 Å². The topological polar surface area (TPSA) is 76.2 Å². The van der Waals surface area contributed by atoms with Gasteiger partial charge in [-0.3, -0.25) is 4.79 Å².